The summed E-state index contributed by atoms with van der Waals surface area (Å²) in [6, 6.07) is 0. The maximum Gasteiger partial charge on any atom is 2.00 e. The Balaban J connectivity index is 0. The van der Waals surface area contributed by atoms with Crippen LogP contribution < -0.4 is 10.0 Å². The van der Waals surface area contributed by atoms with Gasteiger partial charge in [0.25, 0.3) is 0 Å². The average Bonchev–Trinajstić information content (AvgIpc) is 0.811. The van der Waals surface area contributed by atoms with Crippen LogP contribution in [-0.2, 0) is 17.1 Å². The predicted octanol–water partition coefficient (Wildman–Crippen LogP) is -2.34. The molecule has 0 fully saturated rings. The van der Waals surface area contributed by atoms with Crippen LogP contribution in [0.5, 0.6) is 0 Å². The van der Waals surface area contributed by atoms with Crippen LogP contribution in [0.2, 0.25) is 0 Å². The summed E-state index contributed by atoms with van der Waals surface area (Å²) in [5, 5.41) is 16.6. The van der Waals surface area contributed by atoms with Gasteiger partial charge in [0.05, 0.1) is 0 Å². The number of rotatable bonds is 0. The van der Waals surface area contributed by atoms with Gasteiger partial charge in [0.1, 0.15) is 7.40 Å². The summed E-state index contributed by atoms with van der Waals surface area (Å²) < 4.78 is 9.89. The molecule has 0 aliphatic carbocycles. The van der Waals surface area contributed by atoms with E-state index in [1.165, 1.54) is 0 Å². The van der Waals surface area contributed by atoms with Gasteiger partial charge in [-0.3, -0.25) is 0 Å². The largest absolute Gasteiger partial charge is 2.00 e. The van der Waals surface area contributed by atoms with Crippen molar-refractivity contribution in [2.45, 2.75) is 0 Å². The van der Waals surface area contributed by atoms with Gasteiger partial charge in [0.15, 0.2) is 0 Å². The summed E-state index contributed by atoms with van der Waals surface area (Å²) in [6.07, 6.45) is 0. The van der Waals surface area contributed by atoms with Crippen LogP contribution in [0.4, 0.5) is 4.32 Å². The number of hydrogen-bond acceptors (Lipinski definition) is 2. The van der Waals surface area contributed by atoms with Gasteiger partial charge in [-0.1, -0.05) is 0 Å². The molecule has 0 atom stereocenters. The Morgan fingerprint density at radius 2 is 1.40 bits per heavy atom. The molecule has 5 heteroatoms. The quantitative estimate of drug-likeness (QED) is 0.333. The second-order valence-electron chi connectivity index (χ2n) is 0.274. The SMILES string of the molecule is [Mn+2].[O-]B([O-])F. The summed E-state index contributed by atoms with van der Waals surface area (Å²) in [7, 11) is -3.17. The predicted molar refractivity (Wildman–Crippen MR) is 6.86 cm³/mol. The molecule has 0 saturated heterocycles. The summed E-state index contributed by atoms with van der Waals surface area (Å²) in [6.45, 7) is 0. The monoisotopic (exact) mass is 117 g/mol. The van der Waals surface area contributed by atoms with Gasteiger partial charge in [0.2, 0.25) is 0 Å². The molecule has 0 aromatic heterocycles. The summed E-state index contributed by atoms with van der Waals surface area (Å²) in [5.41, 5.74) is 0. The zero-order chi connectivity index (χ0) is 3.58. The summed E-state index contributed by atoms with van der Waals surface area (Å²) in [5.74, 6) is 0. The third-order valence-electron chi connectivity index (χ3n) is 0. The van der Waals surface area contributed by atoms with E-state index in [0.29, 0.717) is 0 Å². The molecule has 0 aromatic rings. The van der Waals surface area contributed by atoms with Crippen LogP contribution in [0.3, 0.4) is 0 Å². The Morgan fingerprint density at radius 1 is 1.40 bits per heavy atom. The fourth-order valence-corrected chi connectivity index (χ4v) is 0. The summed E-state index contributed by atoms with van der Waals surface area (Å²) in [4.78, 5) is 0. The van der Waals surface area contributed by atoms with Crippen LogP contribution in [0.1, 0.15) is 0 Å². The second kappa shape index (κ2) is 4.43. The maximum atomic E-state index is 9.89. The van der Waals surface area contributed by atoms with E-state index in [9.17, 15) is 4.32 Å². The molecule has 0 spiro atoms. The minimum atomic E-state index is -3.17. The molecule has 0 N–H and O–H groups in total. The van der Waals surface area contributed by atoms with Crippen LogP contribution in [0.25, 0.3) is 0 Å². The van der Waals surface area contributed by atoms with E-state index >= 15 is 0 Å². The van der Waals surface area contributed by atoms with Gasteiger partial charge in [-0.15, -0.1) is 0 Å². The molecular formula is BFMnO2. The Hall–Kier alpha value is 0.434. The van der Waals surface area contributed by atoms with Gasteiger partial charge in [-0.05, 0) is 0 Å². The normalized spacial score (nSPS) is 5.40. The Kier molecular flexibility index (Phi) is 8.04. The molecule has 0 bridgehead atoms. The first-order chi connectivity index (χ1) is 1.73. The Labute approximate surface area is 39.7 Å². The maximum absolute atomic E-state index is 9.89. The van der Waals surface area contributed by atoms with Gasteiger partial charge in [-0.25, -0.2) is 0 Å². The van der Waals surface area contributed by atoms with E-state index in [2.05, 4.69) is 0 Å². The van der Waals surface area contributed by atoms with Gasteiger partial charge >= 0.3 is 17.1 Å². The molecule has 0 heterocycles. The van der Waals surface area contributed by atoms with Crippen molar-refractivity contribution in [1.29, 1.82) is 0 Å². The molecule has 2 nitrogen and oxygen atoms in total. The van der Waals surface area contributed by atoms with Crippen molar-refractivity contribution in [1.82, 2.24) is 0 Å². The van der Waals surface area contributed by atoms with Crippen molar-refractivity contribution in [3.05, 3.63) is 0 Å². The zero-order valence-electron chi connectivity index (χ0n) is 2.15. The third-order valence-corrected chi connectivity index (χ3v) is 0. The van der Waals surface area contributed by atoms with E-state index in [4.69, 9.17) is 10.0 Å². The number of halogens is 1. The van der Waals surface area contributed by atoms with Crippen molar-refractivity contribution in [3.63, 3.8) is 0 Å². The van der Waals surface area contributed by atoms with Crippen LogP contribution in [0, 0.1) is 0 Å². The topological polar surface area (TPSA) is 46.1 Å². The minimum absolute atomic E-state index is 0. The summed E-state index contributed by atoms with van der Waals surface area (Å²) >= 11 is 0. The Morgan fingerprint density at radius 3 is 1.40 bits per heavy atom. The van der Waals surface area contributed by atoms with Crippen LogP contribution in [-0.4, -0.2) is 7.40 Å². The minimum Gasteiger partial charge on any atom is -0.867 e. The second-order valence-corrected chi connectivity index (χ2v) is 0.274. The third kappa shape index (κ3) is 139. The first-order valence-corrected chi connectivity index (χ1v) is 0.690. The standard InChI is InChI=1S/BFO2.Mn/c2-1(3)4;/q-2;+2. The fraction of sp³-hybridized carbons (Fsp3) is 0. The van der Waals surface area contributed by atoms with E-state index in [1.54, 1.807) is 0 Å². The Bertz CT molecular complexity index is 14.4. The number of hydrogen-bond donors (Lipinski definition) is 0. The molecule has 0 saturated carbocycles. The van der Waals surface area contributed by atoms with Crippen molar-refractivity contribution in [2.75, 3.05) is 0 Å². The molecule has 0 aromatic carbocycles. The van der Waals surface area contributed by atoms with E-state index in [-0.39, 0.29) is 17.1 Å². The smallest absolute Gasteiger partial charge is 0.867 e. The molecule has 5 heavy (non-hydrogen) atoms. The molecule has 0 aliphatic heterocycles. The van der Waals surface area contributed by atoms with Crippen molar-refractivity contribution >= 4 is 7.40 Å². The molecular weight excluding hydrogens is 117 g/mol. The molecule has 0 aliphatic rings. The first-order valence-electron chi connectivity index (χ1n) is 0.690. The van der Waals surface area contributed by atoms with E-state index < -0.39 is 7.40 Å². The molecule has 29 valence electrons. The van der Waals surface area contributed by atoms with Crippen LogP contribution >= 0.6 is 0 Å². The fourth-order valence-electron chi connectivity index (χ4n) is 0. The molecule has 0 unspecified atom stereocenters. The molecule has 0 rings (SSSR count). The van der Waals surface area contributed by atoms with Crippen molar-refractivity contribution < 1.29 is 31.4 Å². The van der Waals surface area contributed by atoms with E-state index in [1.807, 2.05) is 0 Å². The molecule has 0 amide bonds. The van der Waals surface area contributed by atoms with Gasteiger partial charge < -0.3 is 14.4 Å². The van der Waals surface area contributed by atoms with E-state index in [0.717, 1.165) is 0 Å². The van der Waals surface area contributed by atoms with Crippen LogP contribution in [0.15, 0.2) is 0 Å². The van der Waals surface area contributed by atoms with Crippen molar-refractivity contribution in [2.24, 2.45) is 0 Å². The average molecular weight is 117 g/mol. The van der Waals surface area contributed by atoms with Gasteiger partial charge in [0, 0.05) is 0 Å². The molecule has 1 radical (unpaired) electrons. The zero-order valence-corrected chi connectivity index (χ0v) is 3.33. The van der Waals surface area contributed by atoms with Gasteiger partial charge in [-0.2, -0.15) is 0 Å². The van der Waals surface area contributed by atoms with Crippen molar-refractivity contribution in [3.8, 4) is 0 Å². The first kappa shape index (κ1) is 9.06.